The topological polar surface area (TPSA) is 44.8 Å². The predicted molar refractivity (Wildman–Crippen MR) is 127 cm³/mol. The van der Waals surface area contributed by atoms with Gasteiger partial charge < -0.3 is 14.2 Å². The van der Waals surface area contributed by atoms with Crippen molar-refractivity contribution in [2.45, 2.75) is 117 Å². The minimum Gasteiger partial charge on any atom is -0.463 e. The lowest BCUT2D eigenvalue weighted by Crippen LogP contribution is -2.55. The SMILES string of the molecule is CC(=O)OC1CC[C@@]2(C)[C@@H](CC[C@@H]3[C@H]2CC[C@]2(C)[C@@H]4C(C)[C@@]5(CCC(C)CO5)O[C@H]4C[C@@H]32)C1. The first-order valence-corrected chi connectivity index (χ1v) is 14.2. The van der Waals surface area contributed by atoms with Gasteiger partial charge in [0, 0.05) is 19.3 Å². The van der Waals surface area contributed by atoms with Gasteiger partial charge in [0.25, 0.3) is 0 Å². The Labute approximate surface area is 200 Å². The van der Waals surface area contributed by atoms with Crippen LogP contribution >= 0.6 is 0 Å². The molecule has 186 valence electrons. The number of esters is 1. The normalized spacial score (nSPS) is 57.7. The molecule has 6 fully saturated rings. The smallest absolute Gasteiger partial charge is 0.302 e. The molecule has 0 aromatic heterocycles. The highest BCUT2D eigenvalue weighted by molar-refractivity contribution is 5.66. The van der Waals surface area contributed by atoms with Crippen molar-refractivity contribution in [3.63, 3.8) is 0 Å². The molecule has 0 aromatic rings. The Balaban J connectivity index is 1.21. The zero-order valence-corrected chi connectivity index (χ0v) is 21.6. The van der Waals surface area contributed by atoms with Crippen molar-refractivity contribution >= 4 is 5.97 Å². The highest BCUT2D eigenvalue weighted by Crippen LogP contribution is 2.71. The Morgan fingerprint density at radius 2 is 1.70 bits per heavy atom. The summed E-state index contributed by atoms with van der Waals surface area (Å²) in [5, 5.41) is 0. The van der Waals surface area contributed by atoms with Crippen LogP contribution in [0.1, 0.15) is 98.8 Å². The second-order valence-electron chi connectivity index (χ2n) is 13.7. The van der Waals surface area contributed by atoms with E-state index in [-0.39, 0.29) is 17.9 Å². The van der Waals surface area contributed by atoms with Gasteiger partial charge in [0.2, 0.25) is 0 Å². The Kier molecular flexibility index (Phi) is 5.32. The molecule has 0 aromatic carbocycles. The second kappa shape index (κ2) is 7.69. The van der Waals surface area contributed by atoms with Gasteiger partial charge in [-0.1, -0.05) is 27.7 Å². The third-order valence-electron chi connectivity index (χ3n) is 12.2. The van der Waals surface area contributed by atoms with Crippen LogP contribution in [0.25, 0.3) is 0 Å². The quantitative estimate of drug-likeness (QED) is 0.429. The van der Waals surface area contributed by atoms with Gasteiger partial charge in [-0.15, -0.1) is 0 Å². The fourth-order valence-corrected chi connectivity index (χ4v) is 10.6. The molecule has 4 heteroatoms. The molecule has 0 bridgehead atoms. The molecule has 0 amide bonds. The van der Waals surface area contributed by atoms with Crippen molar-refractivity contribution in [3.8, 4) is 0 Å². The summed E-state index contributed by atoms with van der Waals surface area (Å²) in [5.41, 5.74) is 0.828. The zero-order valence-electron chi connectivity index (χ0n) is 21.6. The monoisotopic (exact) mass is 458 g/mol. The molecule has 12 atom stereocenters. The van der Waals surface area contributed by atoms with Gasteiger partial charge >= 0.3 is 5.97 Å². The van der Waals surface area contributed by atoms with Crippen LogP contribution in [0, 0.1) is 52.3 Å². The van der Waals surface area contributed by atoms with Crippen LogP contribution in [0.5, 0.6) is 0 Å². The fourth-order valence-electron chi connectivity index (χ4n) is 10.6. The van der Waals surface area contributed by atoms with Crippen LogP contribution in [0.3, 0.4) is 0 Å². The minimum atomic E-state index is -0.300. The minimum absolute atomic E-state index is 0.105. The lowest BCUT2D eigenvalue weighted by Gasteiger charge is -2.61. The van der Waals surface area contributed by atoms with Crippen molar-refractivity contribution < 1.29 is 19.0 Å². The highest BCUT2D eigenvalue weighted by atomic mass is 16.7. The predicted octanol–water partition coefficient (Wildman–Crippen LogP) is 6.36. The van der Waals surface area contributed by atoms with Crippen molar-refractivity contribution in [2.24, 2.45) is 52.3 Å². The third-order valence-corrected chi connectivity index (χ3v) is 12.2. The molecule has 6 rings (SSSR count). The molecule has 4 nitrogen and oxygen atoms in total. The summed E-state index contributed by atoms with van der Waals surface area (Å²) < 4.78 is 19.1. The van der Waals surface area contributed by atoms with Crippen LogP contribution in [0.4, 0.5) is 0 Å². The largest absolute Gasteiger partial charge is 0.463 e. The number of carbonyl (C=O) groups is 1. The molecule has 2 aliphatic heterocycles. The lowest BCUT2D eigenvalue weighted by molar-refractivity contribution is -0.273. The summed E-state index contributed by atoms with van der Waals surface area (Å²) in [6.07, 6.45) is 12.9. The summed E-state index contributed by atoms with van der Waals surface area (Å²) in [6, 6.07) is 0. The standard InChI is InChI=1S/C29H46O4/c1-17-8-13-29(31-16-17)18(2)26-25(33-29)15-24-22-7-6-20-14-21(32-19(3)30)9-11-27(20,4)23(22)10-12-28(24,26)5/h17-18,20-26H,6-16H2,1-5H3/t17?,18?,20-,21?,22+,23+,24-,25-,26+,27-,28-,29+/m0/s1. The molecule has 33 heavy (non-hydrogen) atoms. The lowest BCUT2D eigenvalue weighted by atomic mass is 9.44. The van der Waals surface area contributed by atoms with Gasteiger partial charge in [0.1, 0.15) is 6.10 Å². The van der Waals surface area contributed by atoms with E-state index < -0.39 is 0 Å². The fraction of sp³-hybridized carbons (Fsp3) is 0.966. The van der Waals surface area contributed by atoms with Crippen molar-refractivity contribution in [3.05, 3.63) is 0 Å². The van der Waals surface area contributed by atoms with Crippen LogP contribution < -0.4 is 0 Å². The van der Waals surface area contributed by atoms with E-state index in [1.807, 2.05) is 0 Å². The number of carbonyl (C=O) groups excluding carboxylic acids is 1. The average Bonchev–Trinajstić information content (AvgIpc) is 3.21. The van der Waals surface area contributed by atoms with Gasteiger partial charge in [-0.05, 0) is 104 Å². The van der Waals surface area contributed by atoms with Gasteiger partial charge in [-0.2, -0.15) is 0 Å². The number of ether oxygens (including phenoxy) is 3. The first-order chi connectivity index (χ1) is 15.7. The van der Waals surface area contributed by atoms with E-state index in [9.17, 15) is 4.79 Å². The maximum absolute atomic E-state index is 11.5. The molecule has 4 saturated carbocycles. The summed E-state index contributed by atoms with van der Waals surface area (Å²) in [6.45, 7) is 12.4. The van der Waals surface area contributed by atoms with Gasteiger partial charge in [-0.3, -0.25) is 4.79 Å². The van der Waals surface area contributed by atoms with Crippen LogP contribution in [0.15, 0.2) is 0 Å². The molecular weight excluding hydrogens is 412 g/mol. The molecule has 3 unspecified atom stereocenters. The maximum Gasteiger partial charge on any atom is 0.302 e. The second-order valence-corrected chi connectivity index (χ2v) is 13.7. The number of fused-ring (bicyclic) bond motifs is 7. The van der Waals surface area contributed by atoms with Crippen molar-refractivity contribution in [2.75, 3.05) is 6.61 Å². The van der Waals surface area contributed by atoms with Crippen LogP contribution in [0.2, 0.25) is 0 Å². The summed E-state index contributed by atoms with van der Waals surface area (Å²) in [4.78, 5) is 11.5. The average molecular weight is 459 g/mol. The van der Waals surface area contributed by atoms with Gasteiger partial charge in [0.05, 0.1) is 12.7 Å². The van der Waals surface area contributed by atoms with Gasteiger partial charge in [0.15, 0.2) is 5.79 Å². The van der Waals surface area contributed by atoms with E-state index >= 15 is 0 Å². The molecular formula is C29H46O4. The van der Waals surface area contributed by atoms with Crippen LogP contribution in [-0.2, 0) is 19.0 Å². The Morgan fingerprint density at radius 1 is 0.909 bits per heavy atom. The zero-order chi connectivity index (χ0) is 23.2. The van der Waals surface area contributed by atoms with Crippen LogP contribution in [-0.4, -0.2) is 30.6 Å². The maximum atomic E-state index is 11.5. The Hall–Kier alpha value is -0.610. The van der Waals surface area contributed by atoms with E-state index in [0.29, 0.717) is 34.7 Å². The molecule has 2 heterocycles. The molecule has 2 saturated heterocycles. The molecule has 4 aliphatic carbocycles. The van der Waals surface area contributed by atoms with E-state index in [1.54, 1.807) is 6.92 Å². The van der Waals surface area contributed by atoms with Crippen molar-refractivity contribution in [1.29, 1.82) is 0 Å². The van der Waals surface area contributed by atoms with E-state index in [4.69, 9.17) is 14.2 Å². The molecule has 0 radical (unpaired) electrons. The van der Waals surface area contributed by atoms with Gasteiger partial charge in [-0.25, -0.2) is 0 Å². The number of rotatable bonds is 1. The van der Waals surface area contributed by atoms with Crippen molar-refractivity contribution in [1.82, 2.24) is 0 Å². The number of hydrogen-bond acceptors (Lipinski definition) is 4. The Bertz CT molecular complexity index is 786. The third kappa shape index (κ3) is 3.25. The molecule has 6 aliphatic rings. The highest BCUT2D eigenvalue weighted by Gasteiger charge is 2.69. The molecule has 0 N–H and O–H groups in total. The summed E-state index contributed by atoms with van der Waals surface area (Å²) in [5.74, 6) is 4.63. The van der Waals surface area contributed by atoms with E-state index in [2.05, 4.69) is 27.7 Å². The summed E-state index contributed by atoms with van der Waals surface area (Å²) in [7, 11) is 0. The first-order valence-electron chi connectivity index (χ1n) is 14.2. The summed E-state index contributed by atoms with van der Waals surface area (Å²) >= 11 is 0. The Morgan fingerprint density at radius 3 is 2.42 bits per heavy atom. The van der Waals surface area contributed by atoms with E-state index in [1.165, 1.54) is 44.9 Å². The molecule has 1 spiro atoms. The van der Waals surface area contributed by atoms with E-state index in [0.717, 1.165) is 49.5 Å². The first kappa shape index (κ1) is 22.8. The number of hydrogen-bond donors (Lipinski definition) is 0.